The summed E-state index contributed by atoms with van der Waals surface area (Å²) in [5.41, 5.74) is 1.44. The molecule has 3 nitrogen and oxygen atoms in total. The Balaban J connectivity index is 1.87. The molecule has 0 aromatic heterocycles. The lowest BCUT2D eigenvalue weighted by atomic mass is 9.85. The zero-order valence-electron chi connectivity index (χ0n) is 12.1. The Labute approximate surface area is 116 Å². The van der Waals surface area contributed by atoms with Crippen molar-refractivity contribution in [3.63, 3.8) is 0 Å². The Kier molecular flexibility index (Phi) is 4.48. The van der Waals surface area contributed by atoms with Crippen molar-refractivity contribution in [1.29, 1.82) is 0 Å². The second-order valence-corrected chi connectivity index (χ2v) is 6.39. The van der Waals surface area contributed by atoms with Crippen LogP contribution in [-0.2, 0) is 6.42 Å². The first kappa shape index (κ1) is 14.4. The van der Waals surface area contributed by atoms with Gasteiger partial charge in [0.15, 0.2) is 0 Å². The molecule has 0 bridgehead atoms. The van der Waals surface area contributed by atoms with Crippen LogP contribution in [0.4, 0.5) is 0 Å². The summed E-state index contributed by atoms with van der Waals surface area (Å²) in [6.45, 7) is 7.65. The average molecular weight is 263 g/mol. The van der Waals surface area contributed by atoms with E-state index in [1.165, 1.54) is 5.56 Å². The summed E-state index contributed by atoms with van der Waals surface area (Å²) in [7, 11) is 0. The summed E-state index contributed by atoms with van der Waals surface area (Å²) in [4.78, 5) is 0. The molecule has 1 heterocycles. The van der Waals surface area contributed by atoms with E-state index < -0.39 is 0 Å². The molecule has 0 amide bonds. The van der Waals surface area contributed by atoms with Crippen molar-refractivity contribution in [1.82, 2.24) is 5.32 Å². The Morgan fingerprint density at radius 1 is 1.37 bits per heavy atom. The number of aliphatic hydroxyl groups is 1. The standard InChI is InChI=1S/C16H25NO2/c1-16(2,3)15(8-9-18)17-11-13-10-12-6-4-5-7-14(12)19-13/h4-7,13,15,17-18H,8-11H2,1-3H3. The highest BCUT2D eigenvalue weighted by Crippen LogP contribution is 2.28. The Morgan fingerprint density at radius 3 is 2.74 bits per heavy atom. The number of hydrogen-bond acceptors (Lipinski definition) is 3. The summed E-state index contributed by atoms with van der Waals surface area (Å²) >= 11 is 0. The van der Waals surface area contributed by atoms with Gasteiger partial charge in [0, 0.05) is 25.6 Å². The van der Waals surface area contributed by atoms with Gasteiger partial charge in [-0.1, -0.05) is 39.0 Å². The molecule has 2 atom stereocenters. The first-order chi connectivity index (χ1) is 9.00. The first-order valence-electron chi connectivity index (χ1n) is 7.09. The monoisotopic (exact) mass is 263 g/mol. The maximum absolute atomic E-state index is 9.16. The van der Waals surface area contributed by atoms with Gasteiger partial charge in [-0.3, -0.25) is 0 Å². The number of nitrogens with one attached hydrogen (secondary N) is 1. The van der Waals surface area contributed by atoms with Crippen LogP contribution in [0.1, 0.15) is 32.8 Å². The number of rotatable bonds is 5. The van der Waals surface area contributed by atoms with E-state index in [0.717, 1.165) is 25.1 Å². The number of benzene rings is 1. The zero-order chi connectivity index (χ0) is 13.9. The number of fused-ring (bicyclic) bond motifs is 1. The third kappa shape index (κ3) is 3.71. The van der Waals surface area contributed by atoms with Gasteiger partial charge in [0.2, 0.25) is 0 Å². The summed E-state index contributed by atoms with van der Waals surface area (Å²) in [5.74, 6) is 1.02. The number of para-hydroxylation sites is 1. The predicted molar refractivity (Wildman–Crippen MR) is 77.5 cm³/mol. The molecule has 3 heteroatoms. The minimum atomic E-state index is 0.147. The van der Waals surface area contributed by atoms with Gasteiger partial charge in [-0.2, -0.15) is 0 Å². The van der Waals surface area contributed by atoms with Crippen molar-refractivity contribution in [3.05, 3.63) is 29.8 Å². The van der Waals surface area contributed by atoms with Gasteiger partial charge in [0.25, 0.3) is 0 Å². The molecule has 1 aromatic rings. The fraction of sp³-hybridized carbons (Fsp3) is 0.625. The van der Waals surface area contributed by atoms with Gasteiger partial charge < -0.3 is 15.2 Å². The minimum Gasteiger partial charge on any atom is -0.488 e. The van der Waals surface area contributed by atoms with Gasteiger partial charge >= 0.3 is 0 Å². The third-order valence-electron chi connectivity index (χ3n) is 3.77. The molecule has 0 radical (unpaired) electrons. The van der Waals surface area contributed by atoms with Gasteiger partial charge in [-0.25, -0.2) is 0 Å². The summed E-state index contributed by atoms with van der Waals surface area (Å²) in [6.07, 6.45) is 1.96. The fourth-order valence-corrected chi connectivity index (χ4v) is 2.61. The maximum Gasteiger partial charge on any atom is 0.123 e. The quantitative estimate of drug-likeness (QED) is 0.857. The number of ether oxygens (including phenoxy) is 1. The van der Waals surface area contributed by atoms with Crippen molar-refractivity contribution in [3.8, 4) is 5.75 Å². The molecule has 1 aliphatic rings. The smallest absolute Gasteiger partial charge is 0.123 e. The van der Waals surface area contributed by atoms with Crippen LogP contribution >= 0.6 is 0 Å². The van der Waals surface area contributed by atoms with Crippen LogP contribution < -0.4 is 10.1 Å². The normalized spacial score (nSPS) is 19.9. The Morgan fingerprint density at radius 2 is 2.11 bits per heavy atom. The van der Waals surface area contributed by atoms with Crippen molar-refractivity contribution < 1.29 is 9.84 Å². The highest BCUT2D eigenvalue weighted by Gasteiger charge is 2.27. The highest BCUT2D eigenvalue weighted by atomic mass is 16.5. The van der Waals surface area contributed by atoms with Crippen LogP contribution in [0.3, 0.4) is 0 Å². The molecule has 0 fully saturated rings. The van der Waals surface area contributed by atoms with Crippen LogP contribution in [0.15, 0.2) is 24.3 Å². The lowest BCUT2D eigenvalue weighted by molar-refractivity contribution is 0.168. The lowest BCUT2D eigenvalue weighted by Gasteiger charge is -2.32. The molecule has 19 heavy (non-hydrogen) atoms. The molecule has 2 rings (SSSR count). The summed E-state index contributed by atoms with van der Waals surface area (Å²) in [6, 6.07) is 8.54. The maximum atomic E-state index is 9.16. The van der Waals surface area contributed by atoms with Crippen LogP contribution in [-0.4, -0.2) is 30.4 Å². The van der Waals surface area contributed by atoms with Crippen LogP contribution in [0.2, 0.25) is 0 Å². The average Bonchev–Trinajstić information content (AvgIpc) is 2.75. The molecule has 106 valence electrons. The first-order valence-corrected chi connectivity index (χ1v) is 7.09. The molecule has 1 aliphatic heterocycles. The molecule has 0 saturated carbocycles. The van der Waals surface area contributed by atoms with Gasteiger partial charge in [0.1, 0.15) is 11.9 Å². The molecule has 0 aliphatic carbocycles. The minimum absolute atomic E-state index is 0.147. The highest BCUT2D eigenvalue weighted by molar-refractivity contribution is 5.37. The predicted octanol–water partition coefficient (Wildman–Crippen LogP) is 2.38. The fourth-order valence-electron chi connectivity index (χ4n) is 2.61. The van der Waals surface area contributed by atoms with E-state index >= 15 is 0 Å². The van der Waals surface area contributed by atoms with Gasteiger partial charge in [0.05, 0.1) is 0 Å². The topological polar surface area (TPSA) is 41.5 Å². The van der Waals surface area contributed by atoms with E-state index in [1.54, 1.807) is 0 Å². The van der Waals surface area contributed by atoms with E-state index in [2.05, 4.69) is 38.2 Å². The van der Waals surface area contributed by atoms with Crippen molar-refractivity contribution >= 4 is 0 Å². The summed E-state index contributed by atoms with van der Waals surface area (Å²) in [5, 5.41) is 12.7. The lowest BCUT2D eigenvalue weighted by Crippen LogP contribution is -2.45. The number of aliphatic hydroxyl groups excluding tert-OH is 1. The third-order valence-corrected chi connectivity index (χ3v) is 3.77. The summed E-state index contributed by atoms with van der Waals surface area (Å²) < 4.78 is 5.92. The number of hydrogen-bond donors (Lipinski definition) is 2. The van der Waals surface area contributed by atoms with E-state index in [1.807, 2.05) is 12.1 Å². The Bertz CT molecular complexity index is 386. The van der Waals surface area contributed by atoms with E-state index in [0.29, 0.717) is 6.04 Å². The molecular weight excluding hydrogens is 238 g/mol. The SMILES string of the molecule is CC(C)(C)C(CCO)NCC1Cc2ccccc2O1. The molecular formula is C16H25NO2. The molecule has 2 unspecified atom stereocenters. The van der Waals surface area contributed by atoms with E-state index in [-0.39, 0.29) is 18.1 Å². The van der Waals surface area contributed by atoms with Crippen molar-refractivity contribution in [2.24, 2.45) is 5.41 Å². The van der Waals surface area contributed by atoms with Gasteiger partial charge in [-0.15, -0.1) is 0 Å². The molecule has 1 aromatic carbocycles. The van der Waals surface area contributed by atoms with E-state index in [9.17, 15) is 0 Å². The van der Waals surface area contributed by atoms with Crippen LogP contribution in [0.25, 0.3) is 0 Å². The molecule has 0 spiro atoms. The Hall–Kier alpha value is -1.06. The largest absolute Gasteiger partial charge is 0.488 e. The molecule has 2 N–H and O–H groups in total. The van der Waals surface area contributed by atoms with Crippen LogP contribution in [0, 0.1) is 5.41 Å². The molecule has 0 saturated heterocycles. The zero-order valence-corrected chi connectivity index (χ0v) is 12.1. The van der Waals surface area contributed by atoms with Crippen molar-refractivity contribution in [2.45, 2.75) is 45.8 Å². The van der Waals surface area contributed by atoms with Gasteiger partial charge in [-0.05, 0) is 23.5 Å². The second kappa shape index (κ2) is 5.93. The van der Waals surface area contributed by atoms with Crippen LogP contribution in [0.5, 0.6) is 5.75 Å². The van der Waals surface area contributed by atoms with E-state index in [4.69, 9.17) is 9.84 Å². The second-order valence-electron chi connectivity index (χ2n) is 6.39. The van der Waals surface area contributed by atoms with Crippen molar-refractivity contribution in [2.75, 3.05) is 13.2 Å².